The van der Waals surface area contributed by atoms with Crippen molar-refractivity contribution in [2.24, 2.45) is 11.8 Å². The van der Waals surface area contributed by atoms with Crippen LogP contribution in [0.5, 0.6) is 0 Å². The van der Waals surface area contributed by atoms with Crippen molar-refractivity contribution in [3.05, 3.63) is 94.2 Å². The first kappa shape index (κ1) is 21.6. The molecule has 6 nitrogen and oxygen atoms in total. The molecule has 0 spiro atoms. The molecule has 3 aromatic rings. The molecule has 2 bridgehead atoms. The van der Waals surface area contributed by atoms with Gasteiger partial charge in [0.25, 0.3) is 5.56 Å². The monoisotopic (exact) mass is 448 g/mol. The van der Waals surface area contributed by atoms with E-state index in [1.807, 2.05) is 30.3 Å². The smallest absolute Gasteiger partial charge is 0.311 e. The van der Waals surface area contributed by atoms with Crippen LogP contribution in [-0.4, -0.2) is 40.3 Å². The van der Waals surface area contributed by atoms with Gasteiger partial charge in [-0.2, -0.15) is 0 Å². The zero-order valence-corrected chi connectivity index (χ0v) is 18.2. The predicted molar refractivity (Wildman–Crippen MR) is 121 cm³/mol. The first-order valence-corrected chi connectivity index (χ1v) is 11.0. The number of rotatable bonds is 5. The zero-order chi connectivity index (χ0) is 23.1. The molecule has 2 aliphatic heterocycles. The van der Waals surface area contributed by atoms with Crippen LogP contribution in [0.4, 0.5) is 4.39 Å². The highest BCUT2D eigenvalue weighted by molar-refractivity contribution is 5.75. The summed E-state index contributed by atoms with van der Waals surface area (Å²) in [7, 11) is 1.34. The number of carbonyl (C=O) groups is 1. The van der Waals surface area contributed by atoms with Crippen LogP contribution in [0, 0.1) is 17.7 Å². The average Bonchev–Trinajstić information content (AvgIpc) is 3.04. The summed E-state index contributed by atoms with van der Waals surface area (Å²) >= 11 is 0. The molecule has 2 aliphatic rings. The molecule has 2 aromatic carbocycles. The maximum atomic E-state index is 14.4. The summed E-state index contributed by atoms with van der Waals surface area (Å²) in [6, 6.07) is 18.9. The number of aliphatic hydroxyl groups is 1. The summed E-state index contributed by atoms with van der Waals surface area (Å²) in [5.41, 5.74) is 1.99. The highest BCUT2D eigenvalue weighted by Crippen LogP contribution is 2.49. The molecule has 3 heterocycles. The molecule has 4 atom stereocenters. The molecular formula is C26H25FN2O4. The van der Waals surface area contributed by atoms with Crippen molar-refractivity contribution < 1.29 is 19.0 Å². The summed E-state index contributed by atoms with van der Waals surface area (Å²) in [5.74, 6) is -1.86. The Hall–Kier alpha value is -3.29. The molecule has 170 valence electrons. The Kier molecular flexibility index (Phi) is 5.60. The van der Waals surface area contributed by atoms with Crippen molar-refractivity contribution >= 4 is 5.97 Å². The molecule has 7 heteroatoms. The lowest BCUT2D eigenvalue weighted by molar-refractivity contribution is -0.148. The topological polar surface area (TPSA) is 71.8 Å². The van der Waals surface area contributed by atoms with E-state index in [-0.39, 0.29) is 35.3 Å². The summed E-state index contributed by atoms with van der Waals surface area (Å²) < 4.78 is 21.2. The van der Waals surface area contributed by atoms with E-state index in [1.165, 1.54) is 13.2 Å². The Bertz CT molecular complexity index is 1240. The minimum absolute atomic E-state index is 0.199. The Balaban J connectivity index is 1.65. The molecule has 0 radical (unpaired) electrons. The van der Waals surface area contributed by atoms with Gasteiger partial charge in [0.15, 0.2) is 0 Å². The number of halogens is 1. The number of ether oxygens (including phenoxy) is 1. The van der Waals surface area contributed by atoms with Crippen molar-refractivity contribution in [3.63, 3.8) is 0 Å². The lowest BCUT2D eigenvalue weighted by Crippen LogP contribution is -2.46. The van der Waals surface area contributed by atoms with E-state index in [1.54, 1.807) is 34.9 Å². The van der Waals surface area contributed by atoms with Crippen molar-refractivity contribution in [2.75, 3.05) is 13.7 Å². The first-order chi connectivity index (χ1) is 16.0. The number of methoxy groups -OCH3 is 1. The second-order valence-corrected chi connectivity index (χ2v) is 8.63. The lowest BCUT2D eigenvalue weighted by Gasteiger charge is -2.38. The number of nitrogens with zero attached hydrogens (tertiary/aromatic N) is 2. The Labute approximate surface area is 190 Å². The number of pyridine rings is 1. The van der Waals surface area contributed by atoms with Crippen LogP contribution in [0.1, 0.15) is 17.3 Å². The molecule has 1 fully saturated rings. The fourth-order valence-electron chi connectivity index (χ4n) is 5.52. The minimum atomic E-state index is -0.610. The zero-order valence-electron chi connectivity index (χ0n) is 18.2. The summed E-state index contributed by atoms with van der Waals surface area (Å²) in [4.78, 5) is 28.5. The van der Waals surface area contributed by atoms with E-state index >= 15 is 0 Å². The van der Waals surface area contributed by atoms with Gasteiger partial charge in [0.2, 0.25) is 0 Å². The first-order valence-electron chi connectivity index (χ1n) is 11.0. The van der Waals surface area contributed by atoms with Crippen molar-refractivity contribution in [2.45, 2.75) is 25.2 Å². The Morgan fingerprint density at radius 1 is 1.06 bits per heavy atom. The molecule has 0 aliphatic carbocycles. The fourth-order valence-corrected chi connectivity index (χ4v) is 5.52. The van der Waals surface area contributed by atoms with E-state index in [0.717, 1.165) is 5.56 Å². The van der Waals surface area contributed by atoms with Gasteiger partial charge in [0.05, 0.1) is 24.6 Å². The highest BCUT2D eigenvalue weighted by atomic mass is 19.1. The Morgan fingerprint density at radius 3 is 2.48 bits per heavy atom. The van der Waals surface area contributed by atoms with E-state index < -0.39 is 23.7 Å². The third kappa shape index (κ3) is 3.48. The lowest BCUT2D eigenvalue weighted by atomic mass is 9.87. The number of esters is 1. The fraction of sp³-hybridized carbons (Fsp3) is 0.308. The summed E-state index contributed by atoms with van der Waals surface area (Å²) in [6.45, 7) is 0.678. The van der Waals surface area contributed by atoms with Gasteiger partial charge in [-0.25, -0.2) is 4.39 Å². The van der Waals surface area contributed by atoms with Gasteiger partial charge >= 0.3 is 5.97 Å². The van der Waals surface area contributed by atoms with Gasteiger partial charge < -0.3 is 14.4 Å². The number of hydrogen-bond acceptors (Lipinski definition) is 5. The minimum Gasteiger partial charge on any atom is -0.469 e. The number of fused-ring (bicyclic) bond motifs is 4. The number of aliphatic hydroxyl groups excluding tert-OH is 1. The summed E-state index contributed by atoms with van der Waals surface area (Å²) in [5, 5.41) is 10.3. The van der Waals surface area contributed by atoms with Crippen LogP contribution in [0.2, 0.25) is 0 Å². The maximum absolute atomic E-state index is 14.4. The molecule has 0 amide bonds. The normalized spacial score (nSPS) is 23.8. The van der Waals surface area contributed by atoms with Gasteiger partial charge in [-0.15, -0.1) is 0 Å². The average molecular weight is 448 g/mol. The largest absolute Gasteiger partial charge is 0.469 e. The number of aromatic nitrogens is 1. The van der Waals surface area contributed by atoms with Crippen LogP contribution in [0.3, 0.4) is 0 Å². The second kappa shape index (κ2) is 8.57. The van der Waals surface area contributed by atoms with Gasteiger partial charge in [-0.1, -0.05) is 48.5 Å². The molecule has 5 rings (SSSR count). The van der Waals surface area contributed by atoms with Gasteiger partial charge in [-0.05, 0) is 23.8 Å². The van der Waals surface area contributed by atoms with Gasteiger partial charge in [0, 0.05) is 42.9 Å². The van der Waals surface area contributed by atoms with Crippen molar-refractivity contribution in [1.82, 2.24) is 9.47 Å². The summed E-state index contributed by atoms with van der Waals surface area (Å²) in [6.07, 6.45) is 0. The maximum Gasteiger partial charge on any atom is 0.311 e. The van der Waals surface area contributed by atoms with Crippen molar-refractivity contribution in [1.29, 1.82) is 0 Å². The highest BCUT2D eigenvalue weighted by Gasteiger charge is 2.56. The van der Waals surface area contributed by atoms with E-state index in [9.17, 15) is 19.1 Å². The molecule has 1 aromatic heterocycles. The van der Waals surface area contributed by atoms with Crippen LogP contribution in [-0.2, 0) is 22.6 Å². The standard InChI is InChI=1S/C26H25FN2O4/c1-33-26(32)23-19(15-30)22-14-29-21(24(23)28(22)13-16-7-3-2-4-8-16)12-11-18(25(29)31)17-9-5-6-10-20(17)27/h2-12,19,22-24,30H,13-15H2,1H3/t19-,22-,23+,24+/m1/s1. The van der Waals surface area contributed by atoms with E-state index in [4.69, 9.17) is 4.74 Å². The SMILES string of the molecule is COC(=O)[C@H]1[C@H](CO)[C@H]2Cn3c(ccc(-c4ccccc4F)c3=O)[C@@H]1N2Cc1ccccc1. The van der Waals surface area contributed by atoms with Crippen molar-refractivity contribution in [3.8, 4) is 11.1 Å². The second-order valence-electron chi connectivity index (χ2n) is 8.63. The molecule has 1 N–H and O–H groups in total. The number of hydrogen-bond donors (Lipinski definition) is 1. The van der Waals surface area contributed by atoms with Crippen LogP contribution in [0.15, 0.2) is 71.5 Å². The molecule has 33 heavy (non-hydrogen) atoms. The van der Waals surface area contributed by atoms with Crippen LogP contribution >= 0.6 is 0 Å². The molecule has 0 saturated carbocycles. The van der Waals surface area contributed by atoms with Gasteiger partial charge in [-0.3, -0.25) is 14.5 Å². The van der Waals surface area contributed by atoms with Gasteiger partial charge in [0.1, 0.15) is 5.82 Å². The van der Waals surface area contributed by atoms with Crippen LogP contribution in [0.25, 0.3) is 11.1 Å². The molecular weight excluding hydrogens is 423 g/mol. The van der Waals surface area contributed by atoms with E-state index in [2.05, 4.69) is 4.90 Å². The Morgan fingerprint density at radius 2 is 1.79 bits per heavy atom. The molecule has 0 unspecified atom stereocenters. The van der Waals surface area contributed by atoms with Crippen LogP contribution < -0.4 is 5.56 Å². The van der Waals surface area contributed by atoms with E-state index in [0.29, 0.717) is 18.8 Å². The third-order valence-electron chi connectivity index (χ3n) is 7.02. The quantitative estimate of drug-likeness (QED) is 0.608. The predicted octanol–water partition coefficient (Wildman–Crippen LogP) is 2.99. The third-order valence-corrected chi connectivity index (χ3v) is 7.02. The number of benzene rings is 2. The molecule has 1 saturated heterocycles. The number of carbonyl (C=O) groups excluding carboxylic acids is 1.